The number of nitrogens with one attached hydrogen (secondary N) is 1. The molecule has 0 aliphatic rings. The van der Waals surface area contributed by atoms with Crippen molar-refractivity contribution in [3.8, 4) is 6.07 Å². The molecule has 0 unspecified atom stereocenters. The highest BCUT2D eigenvalue weighted by atomic mass is 35.5. The lowest BCUT2D eigenvalue weighted by molar-refractivity contribution is -0.137. The van der Waals surface area contributed by atoms with Gasteiger partial charge in [0.1, 0.15) is 21.7 Å². The van der Waals surface area contributed by atoms with Crippen LogP contribution < -0.4 is 5.32 Å². The molecule has 0 saturated carbocycles. The van der Waals surface area contributed by atoms with Crippen LogP contribution in [0.25, 0.3) is 6.08 Å². The second kappa shape index (κ2) is 9.08. The zero-order chi connectivity index (χ0) is 21.9. The van der Waals surface area contributed by atoms with Gasteiger partial charge in [0.15, 0.2) is 0 Å². The first-order valence-electron chi connectivity index (χ1n) is 8.49. The average Bonchev–Trinajstić information content (AvgIpc) is 3.05. The van der Waals surface area contributed by atoms with Gasteiger partial charge in [-0.05, 0) is 60.9 Å². The smallest absolute Gasteiger partial charge is 0.361 e. The summed E-state index contributed by atoms with van der Waals surface area (Å²) in [4.78, 5) is 4.39. The fourth-order valence-corrected chi connectivity index (χ4v) is 4.45. The molecule has 0 atom stereocenters. The van der Waals surface area contributed by atoms with Gasteiger partial charge in [0.05, 0.1) is 15.5 Å². The molecule has 0 aliphatic carbocycles. The zero-order valence-corrected chi connectivity index (χ0v) is 18.1. The van der Waals surface area contributed by atoms with E-state index in [1.807, 2.05) is 26.0 Å². The fourth-order valence-electron chi connectivity index (χ4n) is 2.50. The molecule has 3 rings (SSSR count). The SMILES string of the molecule is Cc1ccc(N/C=C/c2snc(Sc3ncc(C(F)(F)F)cc3Cl)c2C#N)c(C)c1. The minimum Gasteiger partial charge on any atom is -0.361 e. The molecule has 0 spiro atoms. The summed E-state index contributed by atoms with van der Waals surface area (Å²) in [6.07, 6.45) is -0.383. The molecule has 1 aromatic carbocycles. The lowest BCUT2D eigenvalue weighted by atomic mass is 10.1. The van der Waals surface area contributed by atoms with E-state index in [2.05, 4.69) is 26.8 Å². The number of alkyl halides is 3. The summed E-state index contributed by atoms with van der Waals surface area (Å²) in [5.74, 6) is 0. The summed E-state index contributed by atoms with van der Waals surface area (Å²) >= 11 is 8.01. The third kappa shape index (κ3) is 5.14. The molecule has 2 aromatic heterocycles. The van der Waals surface area contributed by atoms with Crippen LogP contribution in [-0.4, -0.2) is 9.36 Å². The van der Waals surface area contributed by atoms with Crippen molar-refractivity contribution in [2.45, 2.75) is 30.1 Å². The normalized spacial score (nSPS) is 11.6. The highest BCUT2D eigenvalue weighted by Gasteiger charge is 2.31. The Morgan fingerprint density at radius 1 is 1.23 bits per heavy atom. The van der Waals surface area contributed by atoms with Crippen molar-refractivity contribution >= 4 is 46.7 Å². The Bertz CT molecular complexity index is 1150. The second-order valence-electron chi connectivity index (χ2n) is 6.25. The molecular weight excluding hydrogens is 453 g/mol. The third-order valence-electron chi connectivity index (χ3n) is 3.98. The van der Waals surface area contributed by atoms with Gasteiger partial charge in [-0.2, -0.15) is 22.8 Å². The number of hydrogen-bond donors (Lipinski definition) is 1. The molecule has 0 fully saturated rings. The molecule has 154 valence electrons. The van der Waals surface area contributed by atoms with E-state index in [0.29, 0.717) is 21.7 Å². The Hall–Kier alpha value is -2.54. The number of nitrogens with zero attached hydrogens (tertiary/aromatic N) is 3. The Balaban J connectivity index is 1.78. The first kappa shape index (κ1) is 22.2. The highest BCUT2D eigenvalue weighted by Crippen LogP contribution is 2.38. The molecule has 2 heterocycles. The number of aryl methyl sites for hydroxylation is 2. The summed E-state index contributed by atoms with van der Waals surface area (Å²) < 4.78 is 42.5. The highest BCUT2D eigenvalue weighted by molar-refractivity contribution is 7.99. The molecule has 0 amide bonds. The van der Waals surface area contributed by atoms with E-state index in [1.54, 1.807) is 12.3 Å². The molecule has 4 nitrogen and oxygen atoms in total. The second-order valence-corrected chi connectivity index (χ2v) is 8.44. The van der Waals surface area contributed by atoms with Crippen LogP contribution in [0, 0.1) is 25.2 Å². The Labute approximate surface area is 184 Å². The molecule has 30 heavy (non-hydrogen) atoms. The van der Waals surface area contributed by atoms with E-state index in [0.717, 1.165) is 46.2 Å². The van der Waals surface area contributed by atoms with E-state index in [4.69, 9.17) is 11.6 Å². The van der Waals surface area contributed by atoms with Gasteiger partial charge in [-0.1, -0.05) is 29.3 Å². The summed E-state index contributed by atoms with van der Waals surface area (Å²) in [5, 5.41) is 13.0. The molecule has 0 bridgehead atoms. The number of rotatable bonds is 5. The lowest BCUT2D eigenvalue weighted by Crippen LogP contribution is -2.05. The van der Waals surface area contributed by atoms with Crippen molar-refractivity contribution in [1.82, 2.24) is 9.36 Å². The van der Waals surface area contributed by atoms with Crippen molar-refractivity contribution in [2.75, 3.05) is 5.32 Å². The van der Waals surface area contributed by atoms with Gasteiger partial charge in [0, 0.05) is 18.1 Å². The van der Waals surface area contributed by atoms with Crippen LogP contribution in [0.5, 0.6) is 0 Å². The van der Waals surface area contributed by atoms with Crippen LogP contribution in [0.4, 0.5) is 18.9 Å². The van der Waals surface area contributed by atoms with Crippen molar-refractivity contribution in [1.29, 1.82) is 5.26 Å². The summed E-state index contributed by atoms with van der Waals surface area (Å²) in [7, 11) is 0. The number of nitriles is 1. The summed E-state index contributed by atoms with van der Waals surface area (Å²) in [5.41, 5.74) is 2.56. The van der Waals surface area contributed by atoms with E-state index in [-0.39, 0.29) is 10.0 Å². The van der Waals surface area contributed by atoms with E-state index < -0.39 is 11.7 Å². The first-order chi connectivity index (χ1) is 14.2. The number of benzene rings is 1. The Morgan fingerprint density at radius 3 is 2.63 bits per heavy atom. The topological polar surface area (TPSA) is 61.6 Å². The molecule has 0 saturated heterocycles. The maximum Gasteiger partial charge on any atom is 0.417 e. The number of pyridine rings is 1. The number of anilines is 1. The number of halogens is 4. The number of aromatic nitrogens is 2. The largest absolute Gasteiger partial charge is 0.417 e. The predicted molar refractivity (Wildman–Crippen MR) is 114 cm³/mol. The zero-order valence-electron chi connectivity index (χ0n) is 15.7. The maximum atomic E-state index is 12.8. The molecular formula is C20H14ClF3N4S2. The van der Waals surface area contributed by atoms with Gasteiger partial charge in [0.25, 0.3) is 0 Å². The van der Waals surface area contributed by atoms with Crippen molar-refractivity contribution in [3.63, 3.8) is 0 Å². The quantitative estimate of drug-likeness (QED) is 0.441. The number of hydrogen-bond acceptors (Lipinski definition) is 6. The Morgan fingerprint density at radius 2 is 2.00 bits per heavy atom. The maximum absolute atomic E-state index is 12.8. The lowest BCUT2D eigenvalue weighted by Gasteiger charge is -2.08. The van der Waals surface area contributed by atoms with Crippen molar-refractivity contribution in [2.24, 2.45) is 0 Å². The molecule has 10 heteroatoms. The van der Waals surface area contributed by atoms with Gasteiger partial charge in [-0.15, -0.1) is 0 Å². The van der Waals surface area contributed by atoms with Crippen LogP contribution in [0.15, 0.2) is 46.7 Å². The third-order valence-corrected chi connectivity index (χ3v) is 6.32. The van der Waals surface area contributed by atoms with E-state index in [9.17, 15) is 18.4 Å². The first-order valence-corrected chi connectivity index (χ1v) is 10.5. The standard InChI is InChI=1S/C20H14ClF3N4S2/c1-11-3-4-16(12(2)7-11)26-6-5-17-14(9-25)18(28-30-17)29-19-15(21)8-13(10-27-19)20(22,23)24/h3-8,10,26H,1-2H3/b6-5+. The monoisotopic (exact) mass is 466 g/mol. The molecule has 3 aromatic rings. The van der Waals surface area contributed by atoms with Crippen LogP contribution in [-0.2, 0) is 6.18 Å². The summed E-state index contributed by atoms with van der Waals surface area (Å²) in [6.45, 7) is 4.01. The van der Waals surface area contributed by atoms with Gasteiger partial charge >= 0.3 is 6.18 Å². The van der Waals surface area contributed by atoms with Crippen LogP contribution in [0.1, 0.15) is 27.1 Å². The van der Waals surface area contributed by atoms with E-state index in [1.165, 1.54) is 0 Å². The molecule has 0 radical (unpaired) electrons. The molecule has 1 N–H and O–H groups in total. The van der Waals surface area contributed by atoms with Gasteiger partial charge < -0.3 is 5.32 Å². The van der Waals surface area contributed by atoms with Crippen LogP contribution in [0.3, 0.4) is 0 Å². The van der Waals surface area contributed by atoms with E-state index >= 15 is 0 Å². The Kier molecular flexibility index (Phi) is 6.71. The minimum atomic E-state index is -4.53. The van der Waals surface area contributed by atoms with Crippen LogP contribution >= 0.6 is 34.9 Å². The molecule has 0 aliphatic heterocycles. The van der Waals surface area contributed by atoms with Crippen LogP contribution in [0.2, 0.25) is 5.02 Å². The van der Waals surface area contributed by atoms with Crippen molar-refractivity contribution < 1.29 is 13.2 Å². The average molecular weight is 467 g/mol. The fraction of sp³-hybridized carbons (Fsp3) is 0.150. The van der Waals surface area contributed by atoms with Crippen molar-refractivity contribution in [3.05, 3.63) is 68.8 Å². The summed E-state index contributed by atoms with van der Waals surface area (Å²) in [6, 6.07) is 8.91. The van der Waals surface area contributed by atoms with Gasteiger partial charge in [0.2, 0.25) is 0 Å². The predicted octanol–water partition coefficient (Wildman–Crippen LogP) is 6.93. The van der Waals surface area contributed by atoms with Gasteiger partial charge in [-0.25, -0.2) is 4.98 Å². The minimum absolute atomic E-state index is 0.149. The van der Waals surface area contributed by atoms with Gasteiger partial charge in [-0.3, -0.25) is 0 Å².